The molecule has 0 unspecified atom stereocenters. The lowest BCUT2D eigenvalue weighted by atomic mass is 10.1. The van der Waals surface area contributed by atoms with Gasteiger partial charge in [0, 0.05) is 6.54 Å². The van der Waals surface area contributed by atoms with E-state index in [1.54, 1.807) is 0 Å². The molecule has 0 saturated heterocycles. The van der Waals surface area contributed by atoms with E-state index < -0.39 is 16.2 Å². The molecule has 1 atom stereocenters. The van der Waals surface area contributed by atoms with E-state index in [0.717, 1.165) is 0 Å². The van der Waals surface area contributed by atoms with Crippen LogP contribution in [0, 0.1) is 5.92 Å². The van der Waals surface area contributed by atoms with Gasteiger partial charge < -0.3 is 11.1 Å². The number of rotatable bonds is 6. The summed E-state index contributed by atoms with van der Waals surface area (Å²) in [6.45, 7) is 3.84. The van der Waals surface area contributed by atoms with Gasteiger partial charge in [-0.15, -0.1) is 0 Å². The van der Waals surface area contributed by atoms with Crippen molar-refractivity contribution in [3.8, 4) is 0 Å². The molecule has 1 amide bonds. The summed E-state index contributed by atoms with van der Waals surface area (Å²) in [5.74, 6) is -0.628. The highest BCUT2D eigenvalue weighted by Crippen LogP contribution is 1.97. The minimum atomic E-state index is -3.94. The van der Waals surface area contributed by atoms with Crippen molar-refractivity contribution in [3.63, 3.8) is 0 Å². The smallest absolute Gasteiger partial charge is 0.264 e. The van der Waals surface area contributed by atoms with Crippen LogP contribution in [0.3, 0.4) is 0 Å². The van der Waals surface area contributed by atoms with Crippen molar-refractivity contribution < 1.29 is 17.8 Å². The SMILES string of the molecule is CC(C)[C@@H](N)C(=O)NCCCS(=O)(=O)O. The van der Waals surface area contributed by atoms with Crippen molar-refractivity contribution >= 4 is 16.0 Å². The Morgan fingerprint density at radius 2 is 2.00 bits per heavy atom. The standard InChI is InChI=1S/C8H18N2O4S/c1-6(2)7(9)8(11)10-4-3-5-15(12,13)14/h6-7H,3-5,9H2,1-2H3,(H,10,11)(H,12,13,14)/t7-/m1/s1. The van der Waals surface area contributed by atoms with Gasteiger partial charge in [0.1, 0.15) is 0 Å². The molecule has 0 aliphatic rings. The van der Waals surface area contributed by atoms with Crippen LogP contribution in [0.5, 0.6) is 0 Å². The quantitative estimate of drug-likeness (QED) is 0.421. The first kappa shape index (κ1) is 14.3. The molecule has 0 fully saturated rings. The van der Waals surface area contributed by atoms with Crippen molar-refractivity contribution in [2.75, 3.05) is 12.3 Å². The largest absolute Gasteiger partial charge is 0.355 e. The Kier molecular flexibility index (Phi) is 5.77. The summed E-state index contributed by atoms with van der Waals surface area (Å²) in [6, 6.07) is -0.587. The van der Waals surface area contributed by atoms with Gasteiger partial charge in [-0.1, -0.05) is 13.8 Å². The zero-order chi connectivity index (χ0) is 12.1. The second-order valence-electron chi connectivity index (χ2n) is 3.70. The van der Waals surface area contributed by atoms with Crippen LogP contribution in [-0.4, -0.2) is 37.2 Å². The summed E-state index contributed by atoms with van der Waals surface area (Å²) in [5.41, 5.74) is 5.55. The topological polar surface area (TPSA) is 109 Å². The van der Waals surface area contributed by atoms with Gasteiger partial charge in [0.2, 0.25) is 5.91 Å². The van der Waals surface area contributed by atoms with Crippen molar-refractivity contribution in [2.45, 2.75) is 26.3 Å². The molecule has 6 nitrogen and oxygen atoms in total. The molecular formula is C8H18N2O4S. The summed E-state index contributed by atoms with van der Waals surface area (Å²) in [5, 5.41) is 2.50. The lowest BCUT2D eigenvalue weighted by Crippen LogP contribution is -2.44. The first-order chi connectivity index (χ1) is 6.74. The molecule has 0 saturated carbocycles. The average molecular weight is 238 g/mol. The molecule has 0 aromatic rings. The number of nitrogens with one attached hydrogen (secondary N) is 1. The summed E-state index contributed by atoms with van der Waals surface area (Å²) in [7, 11) is -3.94. The van der Waals surface area contributed by atoms with Crippen LogP contribution in [0.1, 0.15) is 20.3 Å². The van der Waals surface area contributed by atoms with E-state index in [-0.39, 0.29) is 30.5 Å². The molecule has 7 heteroatoms. The zero-order valence-electron chi connectivity index (χ0n) is 8.93. The van der Waals surface area contributed by atoms with Gasteiger partial charge in [-0.3, -0.25) is 9.35 Å². The van der Waals surface area contributed by atoms with E-state index >= 15 is 0 Å². The van der Waals surface area contributed by atoms with E-state index in [1.165, 1.54) is 0 Å². The van der Waals surface area contributed by atoms with E-state index in [9.17, 15) is 13.2 Å². The van der Waals surface area contributed by atoms with Crippen LogP contribution >= 0.6 is 0 Å². The van der Waals surface area contributed by atoms with Crippen molar-refractivity contribution in [1.29, 1.82) is 0 Å². The number of carbonyl (C=O) groups is 1. The highest BCUT2D eigenvalue weighted by atomic mass is 32.2. The van der Waals surface area contributed by atoms with Crippen molar-refractivity contribution in [2.24, 2.45) is 11.7 Å². The predicted molar refractivity (Wildman–Crippen MR) is 56.9 cm³/mol. The number of hydrogen-bond donors (Lipinski definition) is 3. The Morgan fingerprint density at radius 1 is 1.47 bits per heavy atom. The Hall–Kier alpha value is -0.660. The third kappa shape index (κ3) is 7.29. The lowest BCUT2D eigenvalue weighted by molar-refractivity contribution is -0.123. The number of carbonyl (C=O) groups excluding carboxylic acids is 1. The van der Waals surface area contributed by atoms with E-state index in [2.05, 4.69) is 5.32 Å². The molecule has 15 heavy (non-hydrogen) atoms. The molecule has 0 radical (unpaired) electrons. The molecule has 0 heterocycles. The van der Waals surface area contributed by atoms with Gasteiger partial charge in [0.15, 0.2) is 0 Å². The van der Waals surface area contributed by atoms with Crippen LogP contribution < -0.4 is 11.1 Å². The third-order valence-corrected chi connectivity index (χ3v) is 2.70. The molecule has 90 valence electrons. The second kappa shape index (κ2) is 6.04. The number of amides is 1. The van der Waals surface area contributed by atoms with E-state index in [1.807, 2.05) is 13.8 Å². The maximum atomic E-state index is 11.3. The molecule has 0 aromatic heterocycles. The van der Waals surface area contributed by atoms with Gasteiger partial charge in [0.25, 0.3) is 10.1 Å². The van der Waals surface area contributed by atoms with Crippen molar-refractivity contribution in [3.05, 3.63) is 0 Å². The van der Waals surface area contributed by atoms with Gasteiger partial charge in [-0.05, 0) is 12.3 Å². The van der Waals surface area contributed by atoms with E-state index in [0.29, 0.717) is 0 Å². The summed E-state index contributed by atoms with van der Waals surface area (Å²) >= 11 is 0. The Morgan fingerprint density at radius 3 is 2.40 bits per heavy atom. The second-order valence-corrected chi connectivity index (χ2v) is 5.27. The Bertz CT molecular complexity index is 300. The monoisotopic (exact) mass is 238 g/mol. The molecule has 0 aromatic carbocycles. The molecule has 0 aliphatic carbocycles. The fraction of sp³-hybridized carbons (Fsp3) is 0.875. The molecule has 4 N–H and O–H groups in total. The molecule has 0 spiro atoms. The van der Waals surface area contributed by atoms with Gasteiger partial charge >= 0.3 is 0 Å². The fourth-order valence-corrected chi connectivity index (χ4v) is 1.40. The minimum Gasteiger partial charge on any atom is -0.355 e. The summed E-state index contributed by atoms with van der Waals surface area (Å²) in [4.78, 5) is 11.3. The number of hydrogen-bond acceptors (Lipinski definition) is 4. The van der Waals surface area contributed by atoms with Gasteiger partial charge in [0.05, 0.1) is 11.8 Å². The Balaban J connectivity index is 3.74. The summed E-state index contributed by atoms with van der Waals surface area (Å²) < 4.78 is 29.1. The van der Waals surface area contributed by atoms with Crippen LogP contribution in [0.4, 0.5) is 0 Å². The molecule has 0 aliphatic heterocycles. The minimum absolute atomic E-state index is 0.0339. The van der Waals surface area contributed by atoms with Gasteiger partial charge in [-0.25, -0.2) is 0 Å². The first-order valence-electron chi connectivity index (χ1n) is 4.72. The zero-order valence-corrected chi connectivity index (χ0v) is 9.75. The van der Waals surface area contributed by atoms with Crippen LogP contribution in [0.25, 0.3) is 0 Å². The molecule has 0 rings (SSSR count). The highest BCUT2D eigenvalue weighted by molar-refractivity contribution is 7.85. The maximum absolute atomic E-state index is 11.3. The highest BCUT2D eigenvalue weighted by Gasteiger charge is 2.16. The molecule has 0 bridgehead atoms. The van der Waals surface area contributed by atoms with Crippen molar-refractivity contribution in [1.82, 2.24) is 5.32 Å². The lowest BCUT2D eigenvalue weighted by Gasteiger charge is -2.14. The maximum Gasteiger partial charge on any atom is 0.264 e. The Labute approximate surface area is 90.0 Å². The first-order valence-corrected chi connectivity index (χ1v) is 6.33. The average Bonchev–Trinajstić information content (AvgIpc) is 2.09. The van der Waals surface area contributed by atoms with Gasteiger partial charge in [-0.2, -0.15) is 8.42 Å². The van der Waals surface area contributed by atoms with Crippen LogP contribution in [-0.2, 0) is 14.9 Å². The van der Waals surface area contributed by atoms with Crippen LogP contribution in [0.15, 0.2) is 0 Å². The van der Waals surface area contributed by atoms with E-state index in [4.69, 9.17) is 10.3 Å². The predicted octanol–water partition coefficient (Wildman–Crippen LogP) is -0.636. The molecular weight excluding hydrogens is 220 g/mol. The summed E-state index contributed by atoms with van der Waals surface area (Å²) in [6.07, 6.45) is 0.176. The number of nitrogens with two attached hydrogens (primary N) is 1. The fourth-order valence-electron chi connectivity index (χ4n) is 0.887. The van der Waals surface area contributed by atoms with Crippen LogP contribution in [0.2, 0.25) is 0 Å². The normalized spacial score (nSPS) is 13.9. The third-order valence-electron chi connectivity index (χ3n) is 1.90.